The highest BCUT2D eigenvalue weighted by molar-refractivity contribution is 5.85. The van der Waals surface area contributed by atoms with Crippen LogP contribution >= 0.6 is 0 Å². The van der Waals surface area contributed by atoms with E-state index in [9.17, 15) is 4.79 Å². The highest BCUT2D eigenvalue weighted by Gasteiger charge is 2.27. The van der Waals surface area contributed by atoms with E-state index in [2.05, 4.69) is 18.7 Å². The van der Waals surface area contributed by atoms with Crippen LogP contribution < -0.4 is 0 Å². The van der Waals surface area contributed by atoms with Gasteiger partial charge in [-0.05, 0) is 25.5 Å². The van der Waals surface area contributed by atoms with Gasteiger partial charge in [0.2, 0.25) is 0 Å². The number of rotatable bonds is 4. The molecule has 17 heavy (non-hydrogen) atoms. The van der Waals surface area contributed by atoms with Gasteiger partial charge in [0.05, 0.1) is 19.1 Å². The monoisotopic (exact) mass is 237 g/mol. The summed E-state index contributed by atoms with van der Waals surface area (Å²) in [5, 5.41) is 0. The average molecular weight is 237 g/mol. The Bertz CT molecular complexity index is 359. The fourth-order valence-corrected chi connectivity index (χ4v) is 2.04. The normalized spacial score (nSPS) is 21.9. The Kier molecular flexibility index (Phi) is 3.97. The first kappa shape index (κ1) is 12.3. The lowest BCUT2D eigenvalue weighted by atomic mass is 10.1. The zero-order chi connectivity index (χ0) is 12.3. The van der Waals surface area contributed by atoms with Gasteiger partial charge in [-0.25, -0.2) is 0 Å². The summed E-state index contributed by atoms with van der Waals surface area (Å²) in [6.45, 7) is 6.54. The lowest BCUT2D eigenvalue weighted by Crippen LogP contribution is -2.49. The molecule has 4 heteroatoms. The highest BCUT2D eigenvalue weighted by atomic mass is 16.5. The molecule has 0 bridgehead atoms. The summed E-state index contributed by atoms with van der Waals surface area (Å²) in [7, 11) is 0. The van der Waals surface area contributed by atoms with Crippen LogP contribution in [-0.2, 0) is 16.0 Å². The molecule has 0 aromatic carbocycles. The number of hydrogen-bond donors (Lipinski definition) is 0. The number of Topliss-reactive ketones (excluding diaryl/α,β-unsaturated/α-hetero) is 1. The van der Waals surface area contributed by atoms with Crippen molar-refractivity contribution in [2.75, 3.05) is 19.7 Å². The zero-order valence-electron chi connectivity index (χ0n) is 10.4. The van der Waals surface area contributed by atoms with Crippen molar-refractivity contribution in [3.63, 3.8) is 0 Å². The van der Waals surface area contributed by atoms with Crippen molar-refractivity contribution in [3.05, 3.63) is 24.2 Å². The number of carbonyl (C=O) groups excluding carboxylic acids is 1. The summed E-state index contributed by atoms with van der Waals surface area (Å²) in [5.41, 5.74) is 0.917. The van der Waals surface area contributed by atoms with Gasteiger partial charge in [0.25, 0.3) is 0 Å². The maximum absolute atomic E-state index is 12.0. The largest absolute Gasteiger partial charge is 0.472 e. The van der Waals surface area contributed by atoms with Crippen molar-refractivity contribution in [2.45, 2.75) is 32.4 Å². The number of ketones is 1. The SMILES string of the molecule is CC(C)N1CCOC(C(=O)Cc2ccoc2)C1. The Morgan fingerprint density at radius 1 is 1.59 bits per heavy atom. The van der Waals surface area contributed by atoms with E-state index in [1.54, 1.807) is 12.5 Å². The van der Waals surface area contributed by atoms with Gasteiger partial charge in [0, 0.05) is 25.6 Å². The van der Waals surface area contributed by atoms with Crippen LogP contribution in [0.1, 0.15) is 19.4 Å². The molecule has 0 amide bonds. The summed E-state index contributed by atoms with van der Waals surface area (Å²) in [5.74, 6) is 0.136. The molecule has 0 radical (unpaired) electrons. The molecule has 4 nitrogen and oxygen atoms in total. The summed E-state index contributed by atoms with van der Waals surface area (Å²) in [6.07, 6.45) is 3.31. The Labute approximate surface area is 102 Å². The van der Waals surface area contributed by atoms with E-state index >= 15 is 0 Å². The predicted molar refractivity (Wildman–Crippen MR) is 63.9 cm³/mol. The number of nitrogens with zero attached hydrogens (tertiary/aromatic N) is 1. The first-order valence-electron chi connectivity index (χ1n) is 6.06. The summed E-state index contributed by atoms with van der Waals surface area (Å²) >= 11 is 0. The van der Waals surface area contributed by atoms with Gasteiger partial charge in [0.1, 0.15) is 6.10 Å². The van der Waals surface area contributed by atoms with E-state index in [1.807, 2.05) is 6.07 Å². The van der Waals surface area contributed by atoms with Crippen LogP contribution in [0.5, 0.6) is 0 Å². The second-order valence-electron chi connectivity index (χ2n) is 4.72. The van der Waals surface area contributed by atoms with Crippen LogP contribution in [-0.4, -0.2) is 42.5 Å². The molecule has 1 atom stereocenters. The molecule has 1 saturated heterocycles. The minimum absolute atomic E-state index is 0.136. The molecular weight excluding hydrogens is 218 g/mol. The van der Waals surface area contributed by atoms with E-state index in [0.717, 1.165) is 12.1 Å². The quantitative estimate of drug-likeness (QED) is 0.796. The molecule has 0 N–H and O–H groups in total. The molecule has 1 aromatic rings. The van der Waals surface area contributed by atoms with Gasteiger partial charge in [-0.3, -0.25) is 9.69 Å². The van der Waals surface area contributed by atoms with Gasteiger partial charge in [0.15, 0.2) is 5.78 Å². The van der Waals surface area contributed by atoms with Gasteiger partial charge in [-0.15, -0.1) is 0 Å². The predicted octanol–water partition coefficient (Wildman–Crippen LogP) is 1.50. The molecule has 0 saturated carbocycles. The average Bonchev–Trinajstić information content (AvgIpc) is 2.82. The van der Waals surface area contributed by atoms with Crippen molar-refractivity contribution in [1.29, 1.82) is 0 Å². The van der Waals surface area contributed by atoms with Crippen molar-refractivity contribution < 1.29 is 13.9 Å². The number of ether oxygens (including phenoxy) is 1. The van der Waals surface area contributed by atoms with Crippen LogP contribution in [0.4, 0.5) is 0 Å². The van der Waals surface area contributed by atoms with Crippen molar-refractivity contribution in [2.24, 2.45) is 0 Å². The second kappa shape index (κ2) is 5.47. The van der Waals surface area contributed by atoms with Crippen molar-refractivity contribution in [3.8, 4) is 0 Å². The summed E-state index contributed by atoms with van der Waals surface area (Å²) in [6, 6.07) is 2.28. The summed E-state index contributed by atoms with van der Waals surface area (Å²) in [4.78, 5) is 14.3. The standard InChI is InChI=1S/C13H19NO3/c1-10(2)14-4-6-17-13(8-14)12(15)7-11-3-5-16-9-11/h3,5,9-10,13H,4,6-8H2,1-2H3. The van der Waals surface area contributed by atoms with Gasteiger partial charge < -0.3 is 9.15 Å². The third-order valence-corrected chi connectivity index (χ3v) is 3.15. The molecule has 0 spiro atoms. The third kappa shape index (κ3) is 3.17. The zero-order valence-corrected chi connectivity index (χ0v) is 10.4. The second-order valence-corrected chi connectivity index (χ2v) is 4.72. The molecule has 94 valence electrons. The lowest BCUT2D eigenvalue weighted by Gasteiger charge is -2.34. The Balaban J connectivity index is 1.91. The number of hydrogen-bond acceptors (Lipinski definition) is 4. The van der Waals surface area contributed by atoms with E-state index in [-0.39, 0.29) is 11.9 Å². The van der Waals surface area contributed by atoms with E-state index in [1.165, 1.54) is 0 Å². The molecule has 1 aromatic heterocycles. The molecule has 2 heterocycles. The van der Waals surface area contributed by atoms with E-state index in [4.69, 9.17) is 9.15 Å². The van der Waals surface area contributed by atoms with E-state index < -0.39 is 0 Å². The smallest absolute Gasteiger partial charge is 0.167 e. The first-order chi connectivity index (χ1) is 8.16. The molecule has 1 fully saturated rings. The lowest BCUT2D eigenvalue weighted by molar-refractivity contribution is -0.136. The van der Waals surface area contributed by atoms with Crippen LogP contribution in [0.3, 0.4) is 0 Å². The van der Waals surface area contributed by atoms with Crippen LogP contribution in [0.2, 0.25) is 0 Å². The topological polar surface area (TPSA) is 42.7 Å². The van der Waals surface area contributed by atoms with Gasteiger partial charge >= 0.3 is 0 Å². The minimum atomic E-state index is -0.291. The molecule has 1 unspecified atom stereocenters. The molecular formula is C13H19NO3. The van der Waals surface area contributed by atoms with E-state index in [0.29, 0.717) is 25.6 Å². The van der Waals surface area contributed by atoms with Crippen LogP contribution in [0.25, 0.3) is 0 Å². The molecule has 1 aliphatic rings. The number of carbonyl (C=O) groups is 1. The first-order valence-corrected chi connectivity index (χ1v) is 6.06. The van der Waals surface area contributed by atoms with Gasteiger partial charge in [-0.2, -0.15) is 0 Å². The highest BCUT2D eigenvalue weighted by Crippen LogP contribution is 2.12. The van der Waals surface area contributed by atoms with Crippen molar-refractivity contribution in [1.82, 2.24) is 4.90 Å². The molecule has 0 aliphatic carbocycles. The number of morpholine rings is 1. The molecule has 1 aliphatic heterocycles. The summed E-state index contributed by atoms with van der Waals surface area (Å²) < 4.78 is 10.5. The third-order valence-electron chi connectivity index (χ3n) is 3.15. The van der Waals surface area contributed by atoms with Gasteiger partial charge in [-0.1, -0.05) is 0 Å². The Hall–Kier alpha value is -1.13. The van der Waals surface area contributed by atoms with Crippen LogP contribution in [0, 0.1) is 0 Å². The fourth-order valence-electron chi connectivity index (χ4n) is 2.04. The fraction of sp³-hybridized carbons (Fsp3) is 0.615. The number of furan rings is 1. The minimum Gasteiger partial charge on any atom is -0.472 e. The van der Waals surface area contributed by atoms with Crippen LogP contribution in [0.15, 0.2) is 23.0 Å². The Morgan fingerprint density at radius 3 is 3.06 bits per heavy atom. The maximum atomic E-state index is 12.0. The maximum Gasteiger partial charge on any atom is 0.167 e. The van der Waals surface area contributed by atoms with Crippen molar-refractivity contribution >= 4 is 5.78 Å². The Morgan fingerprint density at radius 2 is 2.41 bits per heavy atom. The molecule has 2 rings (SSSR count).